The molecule has 0 spiro atoms. The third-order valence-electron chi connectivity index (χ3n) is 4.05. The van der Waals surface area contributed by atoms with Crippen LogP contribution < -0.4 is 5.32 Å². The molecule has 0 bridgehead atoms. The van der Waals surface area contributed by atoms with Crippen LogP contribution in [0, 0.1) is 6.92 Å². The molecular weight excluding hydrogens is 387 g/mol. The van der Waals surface area contributed by atoms with Crippen molar-refractivity contribution in [2.45, 2.75) is 26.5 Å². The summed E-state index contributed by atoms with van der Waals surface area (Å²) in [5, 5.41) is 21.3. The Bertz CT molecular complexity index is 952. The van der Waals surface area contributed by atoms with Gasteiger partial charge < -0.3 is 10.4 Å². The van der Waals surface area contributed by atoms with Crippen LogP contribution in [0.2, 0.25) is 10.0 Å². The molecule has 8 heteroatoms. The number of aliphatic hydroxyl groups excluding tert-OH is 1. The van der Waals surface area contributed by atoms with Gasteiger partial charge in [-0.05, 0) is 48.4 Å². The van der Waals surface area contributed by atoms with Crippen LogP contribution in [0.3, 0.4) is 0 Å². The first-order valence-corrected chi connectivity index (χ1v) is 9.04. The van der Waals surface area contributed by atoms with E-state index in [4.69, 9.17) is 23.2 Å². The van der Waals surface area contributed by atoms with Crippen molar-refractivity contribution < 1.29 is 9.90 Å². The molecule has 0 fully saturated rings. The van der Waals surface area contributed by atoms with Gasteiger partial charge in [-0.15, -0.1) is 5.10 Å². The van der Waals surface area contributed by atoms with Crippen molar-refractivity contribution in [1.29, 1.82) is 0 Å². The Hall–Kier alpha value is -2.41. The van der Waals surface area contributed by atoms with E-state index in [1.807, 2.05) is 19.1 Å². The summed E-state index contributed by atoms with van der Waals surface area (Å²) < 4.78 is 1.71. The van der Waals surface area contributed by atoms with E-state index >= 15 is 0 Å². The molecule has 0 aliphatic carbocycles. The maximum absolute atomic E-state index is 12.3. The Morgan fingerprint density at radius 3 is 2.59 bits per heavy atom. The number of carbonyl (C=O) groups excluding carboxylic acids is 1. The van der Waals surface area contributed by atoms with Crippen molar-refractivity contribution >= 4 is 34.8 Å². The molecule has 2 aromatic carbocycles. The number of carbonyl (C=O) groups is 1. The quantitative estimate of drug-likeness (QED) is 0.657. The number of nitrogens with zero attached hydrogens (tertiary/aromatic N) is 3. The van der Waals surface area contributed by atoms with Gasteiger partial charge in [0.2, 0.25) is 5.91 Å². The number of nitrogens with one attached hydrogen (secondary N) is 1. The molecule has 0 atom stereocenters. The minimum absolute atomic E-state index is 0.0787. The summed E-state index contributed by atoms with van der Waals surface area (Å²) in [6.07, 6.45) is 0.103. The predicted octanol–water partition coefficient (Wildman–Crippen LogP) is 3.62. The molecule has 0 saturated heterocycles. The smallest absolute Gasteiger partial charge is 0.230 e. The lowest BCUT2D eigenvalue weighted by Gasteiger charge is -2.07. The van der Waals surface area contributed by atoms with Crippen LogP contribution >= 0.6 is 23.2 Å². The Balaban J connectivity index is 1.68. The van der Waals surface area contributed by atoms with Crippen molar-refractivity contribution in [3.8, 4) is 0 Å². The van der Waals surface area contributed by atoms with E-state index in [2.05, 4.69) is 15.6 Å². The Labute approximate surface area is 166 Å². The molecule has 140 valence electrons. The first-order valence-electron chi connectivity index (χ1n) is 8.28. The van der Waals surface area contributed by atoms with E-state index in [1.54, 1.807) is 35.0 Å². The summed E-state index contributed by atoms with van der Waals surface area (Å²) in [5.74, 6) is -0.203. The Morgan fingerprint density at radius 1 is 1.15 bits per heavy atom. The lowest BCUT2D eigenvalue weighted by molar-refractivity contribution is -0.115. The number of anilines is 1. The molecule has 1 amide bonds. The molecule has 0 aliphatic heterocycles. The predicted molar refractivity (Wildman–Crippen MR) is 105 cm³/mol. The number of hydrogen-bond donors (Lipinski definition) is 2. The molecule has 0 radical (unpaired) electrons. The maximum Gasteiger partial charge on any atom is 0.230 e. The second kappa shape index (κ2) is 8.52. The highest BCUT2D eigenvalue weighted by atomic mass is 35.5. The lowest BCUT2D eigenvalue weighted by Crippen LogP contribution is -2.15. The molecule has 3 rings (SSSR count). The van der Waals surface area contributed by atoms with Gasteiger partial charge in [-0.2, -0.15) is 0 Å². The standard InChI is InChI=1S/C19H18Cl2N4O2/c1-12-18(9-19(27)22-17-4-2-3-13(7-17)11-26)23-24-25(12)10-14-5-15(20)8-16(21)6-14/h2-8,26H,9-11H2,1H3,(H,22,27). The fraction of sp³-hybridized carbons (Fsp3) is 0.211. The normalized spacial score (nSPS) is 10.8. The van der Waals surface area contributed by atoms with Gasteiger partial charge in [-0.25, -0.2) is 4.68 Å². The van der Waals surface area contributed by atoms with Gasteiger partial charge in [0.05, 0.1) is 31.0 Å². The van der Waals surface area contributed by atoms with E-state index in [-0.39, 0.29) is 18.9 Å². The zero-order valence-corrected chi connectivity index (χ0v) is 16.1. The monoisotopic (exact) mass is 404 g/mol. The van der Waals surface area contributed by atoms with Crippen molar-refractivity contribution in [3.05, 3.63) is 75.0 Å². The maximum atomic E-state index is 12.3. The minimum Gasteiger partial charge on any atom is -0.392 e. The third kappa shape index (κ3) is 5.07. The van der Waals surface area contributed by atoms with E-state index in [0.717, 1.165) is 16.8 Å². The van der Waals surface area contributed by atoms with E-state index in [1.165, 1.54) is 0 Å². The lowest BCUT2D eigenvalue weighted by atomic mass is 10.2. The summed E-state index contributed by atoms with van der Waals surface area (Å²) in [6, 6.07) is 12.4. The number of hydrogen-bond acceptors (Lipinski definition) is 4. The van der Waals surface area contributed by atoms with Crippen molar-refractivity contribution in [1.82, 2.24) is 15.0 Å². The van der Waals surface area contributed by atoms with Gasteiger partial charge in [0.15, 0.2) is 0 Å². The van der Waals surface area contributed by atoms with Crippen LogP contribution in [0.25, 0.3) is 0 Å². The van der Waals surface area contributed by atoms with E-state index in [0.29, 0.717) is 28.0 Å². The van der Waals surface area contributed by atoms with Crippen molar-refractivity contribution in [2.24, 2.45) is 0 Å². The van der Waals surface area contributed by atoms with Crippen LogP contribution in [0.15, 0.2) is 42.5 Å². The first-order chi connectivity index (χ1) is 12.9. The van der Waals surface area contributed by atoms with Crippen molar-refractivity contribution in [3.63, 3.8) is 0 Å². The largest absolute Gasteiger partial charge is 0.392 e. The molecule has 6 nitrogen and oxygen atoms in total. The number of aliphatic hydroxyl groups is 1. The Kier molecular flexibility index (Phi) is 6.11. The third-order valence-corrected chi connectivity index (χ3v) is 4.49. The highest BCUT2D eigenvalue weighted by Gasteiger charge is 2.14. The molecule has 0 aliphatic rings. The molecule has 3 aromatic rings. The van der Waals surface area contributed by atoms with E-state index < -0.39 is 0 Å². The zero-order chi connectivity index (χ0) is 19.4. The van der Waals surface area contributed by atoms with Crippen LogP contribution in [-0.2, 0) is 24.4 Å². The fourth-order valence-electron chi connectivity index (χ4n) is 2.69. The van der Waals surface area contributed by atoms with Crippen LogP contribution in [0.1, 0.15) is 22.5 Å². The second-order valence-corrected chi connectivity index (χ2v) is 7.01. The summed E-state index contributed by atoms with van der Waals surface area (Å²) in [4.78, 5) is 12.3. The van der Waals surface area contributed by atoms with Gasteiger partial charge in [-0.1, -0.05) is 40.5 Å². The molecule has 27 heavy (non-hydrogen) atoms. The summed E-state index contributed by atoms with van der Waals surface area (Å²) in [7, 11) is 0. The van der Waals surface area contributed by atoms with Gasteiger partial charge >= 0.3 is 0 Å². The molecule has 2 N–H and O–H groups in total. The van der Waals surface area contributed by atoms with Gasteiger partial charge in [0.1, 0.15) is 0 Å². The molecule has 0 unspecified atom stereocenters. The summed E-state index contributed by atoms with van der Waals surface area (Å²) in [6.45, 7) is 2.24. The SMILES string of the molecule is Cc1c(CC(=O)Nc2cccc(CO)c2)nnn1Cc1cc(Cl)cc(Cl)c1. The molecule has 1 aromatic heterocycles. The van der Waals surface area contributed by atoms with Crippen LogP contribution in [-0.4, -0.2) is 26.0 Å². The summed E-state index contributed by atoms with van der Waals surface area (Å²) >= 11 is 12.1. The molecule has 1 heterocycles. The number of aromatic nitrogens is 3. The zero-order valence-electron chi connectivity index (χ0n) is 14.6. The van der Waals surface area contributed by atoms with Crippen LogP contribution in [0.5, 0.6) is 0 Å². The number of rotatable bonds is 6. The van der Waals surface area contributed by atoms with Crippen molar-refractivity contribution in [2.75, 3.05) is 5.32 Å². The fourth-order valence-corrected chi connectivity index (χ4v) is 3.26. The number of benzene rings is 2. The highest BCUT2D eigenvalue weighted by Crippen LogP contribution is 2.20. The average molecular weight is 405 g/mol. The first kappa shape index (κ1) is 19.4. The summed E-state index contributed by atoms with van der Waals surface area (Å²) in [5.41, 5.74) is 3.65. The number of amides is 1. The highest BCUT2D eigenvalue weighted by molar-refractivity contribution is 6.34. The van der Waals surface area contributed by atoms with Crippen LogP contribution in [0.4, 0.5) is 5.69 Å². The van der Waals surface area contributed by atoms with Gasteiger partial charge in [0.25, 0.3) is 0 Å². The van der Waals surface area contributed by atoms with Gasteiger partial charge in [0, 0.05) is 15.7 Å². The average Bonchev–Trinajstić information content (AvgIpc) is 2.94. The topological polar surface area (TPSA) is 80.0 Å². The van der Waals surface area contributed by atoms with E-state index in [9.17, 15) is 9.90 Å². The van der Waals surface area contributed by atoms with Gasteiger partial charge in [-0.3, -0.25) is 4.79 Å². The number of halogens is 2. The Morgan fingerprint density at radius 2 is 1.89 bits per heavy atom. The minimum atomic E-state index is -0.203. The second-order valence-electron chi connectivity index (χ2n) is 6.14. The molecule has 0 saturated carbocycles. The molecular formula is C19H18Cl2N4O2.